The SMILES string of the molecule is COc1ccc2cc([C@H](C)C(=O)O)ccc2c1CC1COC(C)(O[N+](=O)[O-])OC1. The number of nitrogens with zero attached hydrogens (tertiary/aromatic N) is 1. The summed E-state index contributed by atoms with van der Waals surface area (Å²) in [5, 5.41) is 20.7. The predicted molar refractivity (Wildman–Crippen MR) is 102 cm³/mol. The van der Waals surface area contributed by atoms with E-state index in [0.29, 0.717) is 12.2 Å². The Morgan fingerprint density at radius 3 is 2.62 bits per heavy atom. The first-order valence-corrected chi connectivity index (χ1v) is 9.16. The number of hydrogen-bond donors (Lipinski definition) is 1. The lowest BCUT2D eigenvalue weighted by atomic mass is 9.91. The van der Waals surface area contributed by atoms with E-state index in [9.17, 15) is 20.0 Å². The van der Waals surface area contributed by atoms with Crippen LogP contribution < -0.4 is 4.74 Å². The minimum absolute atomic E-state index is 0.0597. The molecule has 29 heavy (non-hydrogen) atoms. The van der Waals surface area contributed by atoms with Gasteiger partial charge >= 0.3 is 11.9 Å². The number of aliphatic carboxylic acids is 1. The molecule has 1 fully saturated rings. The molecule has 2 aromatic rings. The van der Waals surface area contributed by atoms with Crippen molar-refractivity contribution in [3.05, 3.63) is 51.6 Å². The van der Waals surface area contributed by atoms with Gasteiger partial charge in [-0.3, -0.25) is 4.79 Å². The minimum Gasteiger partial charge on any atom is -0.496 e. The summed E-state index contributed by atoms with van der Waals surface area (Å²) < 4.78 is 16.4. The van der Waals surface area contributed by atoms with E-state index in [1.807, 2.05) is 24.3 Å². The molecule has 2 aromatic carbocycles. The van der Waals surface area contributed by atoms with Crippen LogP contribution in [0, 0.1) is 16.0 Å². The van der Waals surface area contributed by atoms with Crippen molar-refractivity contribution >= 4 is 16.7 Å². The van der Waals surface area contributed by atoms with E-state index in [2.05, 4.69) is 4.84 Å². The van der Waals surface area contributed by atoms with Gasteiger partial charge in [-0.05, 0) is 35.7 Å². The summed E-state index contributed by atoms with van der Waals surface area (Å²) in [6.07, 6.45) is 0.558. The number of carboxylic acid groups (broad SMARTS) is 1. The van der Waals surface area contributed by atoms with Gasteiger partial charge < -0.3 is 19.3 Å². The fraction of sp³-hybridized carbons (Fsp3) is 0.450. The first-order valence-electron chi connectivity index (χ1n) is 9.16. The molecular weight excluding hydrogens is 382 g/mol. The fourth-order valence-corrected chi connectivity index (χ4v) is 3.43. The maximum atomic E-state index is 11.3. The highest BCUT2D eigenvalue weighted by molar-refractivity contribution is 5.89. The summed E-state index contributed by atoms with van der Waals surface area (Å²) in [5.74, 6) is -2.55. The second kappa shape index (κ2) is 8.22. The van der Waals surface area contributed by atoms with Crippen LogP contribution in [0.1, 0.15) is 30.9 Å². The second-order valence-corrected chi connectivity index (χ2v) is 7.16. The number of methoxy groups -OCH3 is 1. The zero-order valence-electron chi connectivity index (χ0n) is 16.4. The summed E-state index contributed by atoms with van der Waals surface area (Å²) >= 11 is 0. The number of hydrogen-bond acceptors (Lipinski definition) is 7. The van der Waals surface area contributed by atoms with Crippen LogP contribution in [0.2, 0.25) is 0 Å². The van der Waals surface area contributed by atoms with Gasteiger partial charge in [0.05, 0.1) is 26.2 Å². The summed E-state index contributed by atoms with van der Waals surface area (Å²) in [4.78, 5) is 26.3. The third-order valence-corrected chi connectivity index (χ3v) is 5.10. The average Bonchev–Trinajstić information content (AvgIpc) is 2.68. The van der Waals surface area contributed by atoms with E-state index < -0.39 is 22.9 Å². The predicted octanol–water partition coefficient (Wildman–Crippen LogP) is 3.12. The Morgan fingerprint density at radius 1 is 1.34 bits per heavy atom. The molecule has 0 amide bonds. The van der Waals surface area contributed by atoms with Crippen molar-refractivity contribution in [1.29, 1.82) is 0 Å². The lowest BCUT2D eigenvalue weighted by Crippen LogP contribution is -2.45. The third kappa shape index (κ3) is 4.57. The van der Waals surface area contributed by atoms with Crippen LogP contribution in [0.25, 0.3) is 10.8 Å². The van der Waals surface area contributed by atoms with E-state index in [1.54, 1.807) is 20.1 Å². The van der Waals surface area contributed by atoms with Gasteiger partial charge in [0, 0.05) is 18.4 Å². The molecule has 9 nitrogen and oxygen atoms in total. The van der Waals surface area contributed by atoms with Gasteiger partial charge in [0.1, 0.15) is 5.75 Å². The molecule has 0 spiro atoms. The van der Waals surface area contributed by atoms with Gasteiger partial charge in [-0.2, -0.15) is 0 Å². The maximum absolute atomic E-state index is 11.3. The quantitative estimate of drug-likeness (QED) is 0.551. The smallest absolute Gasteiger partial charge is 0.322 e. The molecule has 3 rings (SSSR count). The first kappa shape index (κ1) is 20.8. The molecule has 1 atom stereocenters. The first-order chi connectivity index (χ1) is 13.7. The molecule has 1 saturated heterocycles. The van der Waals surface area contributed by atoms with Gasteiger partial charge in [0.25, 0.3) is 5.09 Å². The minimum atomic E-state index is -1.70. The Bertz CT molecular complexity index is 920. The topological polar surface area (TPSA) is 117 Å². The summed E-state index contributed by atoms with van der Waals surface area (Å²) in [5.41, 5.74) is 1.66. The third-order valence-electron chi connectivity index (χ3n) is 5.10. The fourth-order valence-electron chi connectivity index (χ4n) is 3.43. The Labute approximate surface area is 167 Å². The molecule has 0 radical (unpaired) electrons. The van der Waals surface area contributed by atoms with Crippen molar-refractivity contribution in [2.75, 3.05) is 20.3 Å². The summed E-state index contributed by atoms with van der Waals surface area (Å²) in [6, 6.07) is 9.31. The van der Waals surface area contributed by atoms with Crippen LogP contribution in [0.4, 0.5) is 0 Å². The molecule has 0 aromatic heterocycles. The van der Waals surface area contributed by atoms with Crippen LogP contribution in [-0.4, -0.2) is 42.5 Å². The van der Waals surface area contributed by atoms with Crippen molar-refractivity contribution in [2.24, 2.45) is 5.92 Å². The van der Waals surface area contributed by atoms with Crippen molar-refractivity contribution in [3.8, 4) is 5.75 Å². The Morgan fingerprint density at radius 2 is 2.03 bits per heavy atom. The monoisotopic (exact) mass is 405 g/mol. The zero-order chi connectivity index (χ0) is 21.2. The van der Waals surface area contributed by atoms with Crippen LogP contribution in [0.5, 0.6) is 5.75 Å². The maximum Gasteiger partial charge on any atom is 0.322 e. The summed E-state index contributed by atoms with van der Waals surface area (Å²) in [7, 11) is 1.58. The Hall–Kier alpha value is -2.91. The van der Waals surface area contributed by atoms with Crippen molar-refractivity contribution in [1.82, 2.24) is 0 Å². The average molecular weight is 405 g/mol. The second-order valence-electron chi connectivity index (χ2n) is 7.16. The summed E-state index contributed by atoms with van der Waals surface area (Å²) in [6.45, 7) is 3.44. The highest BCUT2D eigenvalue weighted by Crippen LogP contribution is 2.34. The van der Waals surface area contributed by atoms with Crippen LogP contribution in [-0.2, 0) is 25.5 Å². The van der Waals surface area contributed by atoms with Gasteiger partial charge in [0.2, 0.25) is 0 Å². The Kier molecular flexibility index (Phi) is 5.90. The van der Waals surface area contributed by atoms with Crippen molar-refractivity contribution in [2.45, 2.75) is 32.2 Å². The number of carboxylic acids is 1. The molecule has 156 valence electrons. The number of benzene rings is 2. The van der Waals surface area contributed by atoms with Crippen LogP contribution in [0.3, 0.4) is 0 Å². The molecule has 1 aliphatic heterocycles. The lowest BCUT2D eigenvalue weighted by molar-refractivity contribution is -0.816. The molecule has 1 aliphatic rings. The normalized spacial score (nSPS) is 22.8. The standard InChI is InChI=1S/C20H23NO8/c1-12(19(22)23)14-4-6-16-15(9-14)5-7-18(26-3)17(16)8-13-10-27-20(2,28-11-13)29-21(24)25/h4-7,9,12-13H,8,10-11H2,1-3H3,(H,22,23)/t12-,13?,20?/m0/s1. The lowest BCUT2D eigenvalue weighted by Gasteiger charge is -2.35. The highest BCUT2D eigenvalue weighted by Gasteiger charge is 2.37. The molecule has 9 heteroatoms. The molecule has 1 heterocycles. The molecule has 0 unspecified atom stereocenters. The van der Waals surface area contributed by atoms with E-state index in [1.165, 1.54) is 6.92 Å². The zero-order valence-corrected chi connectivity index (χ0v) is 16.4. The largest absolute Gasteiger partial charge is 0.496 e. The molecule has 0 saturated carbocycles. The van der Waals surface area contributed by atoms with E-state index in [4.69, 9.17) is 14.2 Å². The van der Waals surface area contributed by atoms with Gasteiger partial charge in [-0.15, -0.1) is 10.1 Å². The van der Waals surface area contributed by atoms with Crippen LogP contribution >= 0.6 is 0 Å². The molecule has 1 N–H and O–H groups in total. The number of carbonyl (C=O) groups is 1. The van der Waals surface area contributed by atoms with Gasteiger partial charge in [0.15, 0.2) is 0 Å². The van der Waals surface area contributed by atoms with Gasteiger partial charge in [-0.25, -0.2) is 4.84 Å². The molecular formula is C20H23NO8. The van der Waals surface area contributed by atoms with Gasteiger partial charge in [-0.1, -0.05) is 24.3 Å². The number of fused-ring (bicyclic) bond motifs is 1. The highest BCUT2D eigenvalue weighted by atomic mass is 17.0. The van der Waals surface area contributed by atoms with Crippen molar-refractivity contribution in [3.63, 3.8) is 0 Å². The molecule has 0 bridgehead atoms. The number of rotatable bonds is 7. The van der Waals surface area contributed by atoms with E-state index >= 15 is 0 Å². The number of ether oxygens (including phenoxy) is 3. The Balaban J connectivity index is 1.85. The van der Waals surface area contributed by atoms with Crippen molar-refractivity contribution < 1.29 is 34.0 Å². The molecule has 0 aliphatic carbocycles. The van der Waals surface area contributed by atoms with E-state index in [0.717, 1.165) is 21.9 Å². The van der Waals surface area contributed by atoms with Crippen LogP contribution in [0.15, 0.2) is 30.3 Å². The van der Waals surface area contributed by atoms with E-state index in [-0.39, 0.29) is 19.1 Å².